The van der Waals surface area contributed by atoms with E-state index >= 15 is 0 Å². The third kappa shape index (κ3) is 17.7. The van der Waals surface area contributed by atoms with Gasteiger partial charge in [0.05, 0.1) is 0 Å². The molecule has 0 bridgehead atoms. The minimum absolute atomic E-state index is 0.167. The SMILES string of the molecule is CC(C)=O.CCN(CC)CC. The third-order valence-electron chi connectivity index (χ3n) is 1.34. The van der Waals surface area contributed by atoms with E-state index in [1.165, 1.54) is 33.5 Å². The van der Waals surface area contributed by atoms with Crippen LogP contribution in [0.1, 0.15) is 34.6 Å². The van der Waals surface area contributed by atoms with Crippen LogP contribution in [-0.4, -0.2) is 30.3 Å². The molecule has 0 atom stereocenters. The third-order valence-corrected chi connectivity index (χ3v) is 1.34. The van der Waals surface area contributed by atoms with Crippen LogP contribution in [0.3, 0.4) is 0 Å². The average molecular weight is 159 g/mol. The quantitative estimate of drug-likeness (QED) is 0.627. The molecule has 0 aliphatic rings. The lowest BCUT2D eigenvalue weighted by atomic mass is 10.5. The molecule has 0 heterocycles. The second kappa shape index (κ2) is 9.63. The predicted octanol–water partition coefficient (Wildman–Crippen LogP) is 1.94. The molecule has 0 N–H and O–H groups in total. The van der Waals surface area contributed by atoms with E-state index in [4.69, 9.17) is 0 Å². The van der Waals surface area contributed by atoms with E-state index in [1.54, 1.807) is 0 Å². The molecule has 0 saturated carbocycles. The molecule has 0 fully saturated rings. The van der Waals surface area contributed by atoms with Crippen LogP contribution < -0.4 is 0 Å². The van der Waals surface area contributed by atoms with Gasteiger partial charge in [-0.3, -0.25) is 0 Å². The van der Waals surface area contributed by atoms with Crippen molar-refractivity contribution in [2.75, 3.05) is 19.6 Å². The number of carbonyl (C=O) groups is 1. The first-order chi connectivity index (χ1) is 5.08. The Hall–Kier alpha value is -0.370. The number of hydrogen-bond donors (Lipinski definition) is 0. The molecule has 2 heteroatoms. The highest BCUT2D eigenvalue weighted by Gasteiger charge is 1.89. The van der Waals surface area contributed by atoms with Crippen LogP contribution in [0.25, 0.3) is 0 Å². The highest BCUT2D eigenvalue weighted by molar-refractivity contribution is 5.72. The van der Waals surface area contributed by atoms with Gasteiger partial charge < -0.3 is 9.69 Å². The van der Waals surface area contributed by atoms with Gasteiger partial charge in [-0.15, -0.1) is 0 Å². The Morgan fingerprint density at radius 3 is 1.18 bits per heavy atom. The monoisotopic (exact) mass is 159 g/mol. The summed E-state index contributed by atoms with van der Waals surface area (Å²) in [5.74, 6) is 0.167. The molecule has 0 amide bonds. The summed E-state index contributed by atoms with van der Waals surface area (Å²) in [4.78, 5) is 11.8. The zero-order chi connectivity index (χ0) is 9.28. The molecule has 2 nitrogen and oxygen atoms in total. The summed E-state index contributed by atoms with van der Waals surface area (Å²) in [6.45, 7) is 13.2. The van der Waals surface area contributed by atoms with Gasteiger partial charge in [0.2, 0.25) is 0 Å². The van der Waals surface area contributed by atoms with Crippen LogP contribution in [0.15, 0.2) is 0 Å². The Kier molecular flexibility index (Phi) is 11.6. The van der Waals surface area contributed by atoms with Crippen molar-refractivity contribution in [2.45, 2.75) is 34.6 Å². The minimum atomic E-state index is 0.167. The smallest absolute Gasteiger partial charge is 0.126 e. The second-order valence-corrected chi connectivity index (χ2v) is 2.53. The van der Waals surface area contributed by atoms with Crippen molar-refractivity contribution in [1.29, 1.82) is 0 Å². The normalized spacial score (nSPS) is 8.91. The summed E-state index contributed by atoms with van der Waals surface area (Å²) in [6, 6.07) is 0. The van der Waals surface area contributed by atoms with E-state index in [9.17, 15) is 4.79 Å². The van der Waals surface area contributed by atoms with Gasteiger partial charge in [-0.25, -0.2) is 0 Å². The van der Waals surface area contributed by atoms with E-state index in [1.807, 2.05) is 0 Å². The molecular formula is C9H21NO. The molecule has 0 aromatic rings. The van der Waals surface area contributed by atoms with E-state index in [2.05, 4.69) is 25.7 Å². The first-order valence-corrected chi connectivity index (χ1v) is 4.27. The number of rotatable bonds is 3. The van der Waals surface area contributed by atoms with Crippen LogP contribution in [-0.2, 0) is 4.79 Å². The van der Waals surface area contributed by atoms with E-state index < -0.39 is 0 Å². The van der Waals surface area contributed by atoms with Crippen molar-refractivity contribution in [1.82, 2.24) is 4.90 Å². The molecule has 0 unspecified atom stereocenters. The van der Waals surface area contributed by atoms with Crippen molar-refractivity contribution in [3.63, 3.8) is 0 Å². The van der Waals surface area contributed by atoms with Crippen molar-refractivity contribution in [3.8, 4) is 0 Å². The van der Waals surface area contributed by atoms with Crippen molar-refractivity contribution in [3.05, 3.63) is 0 Å². The van der Waals surface area contributed by atoms with E-state index in [-0.39, 0.29) is 5.78 Å². The number of carbonyl (C=O) groups excluding carboxylic acids is 1. The molecule has 11 heavy (non-hydrogen) atoms. The lowest BCUT2D eigenvalue weighted by molar-refractivity contribution is -0.114. The van der Waals surface area contributed by atoms with Gasteiger partial charge in [0.25, 0.3) is 0 Å². The molecular weight excluding hydrogens is 138 g/mol. The van der Waals surface area contributed by atoms with Gasteiger partial charge in [-0.2, -0.15) is 0 Å². The highest BCUT2D eigenvalue weighted by atomic mass is 16.1. The fraction of sp³-hybridized carbons (Fsp3) is 0.889. The van der Waals surface area contributed by atoms with E-state index in [0.29, 0.717) is 0 Å². The van der Waals surface area contributed by atoms with Crippen molar-refractivity contribution >= 4 is 5.78 Å². The van der Waals surface area contributed by atoms with Gasteiger partial charge >= 0.3 is 0 Å². The predicted molar refractivity (Wildman–Crippen MR) is 49.8 cm³/mol. The summed E-state index contributed by atoms with van der Waals surface area (Å²) in [6.07, 6.45) is 0. The zero-order valence-electron chi connectivity index (χ0n) is 8.48. The average Bonchev–Trinajstić information content (AvgIpc) is 1.90. The summed E-state index contributed by atoms with van der Waals surface area (Å²) in [5, 5.41) is 0. The topological polar surface area (TPSA) is 20.3 Å². The van der Waals surface area contributed by atoms with Crippen LogP contribution in [0, 0.1) is 0 Å². The van der Waals surface area contributed by atoms with Crippen LogP contribution in [0.2, 0.25) is 0 Å². The summed E-state index contributed by atoms with van der Waals surface area (Å²) in [5.41, 5.74) is 0. The second-order valence-electron chi connectivity index (χ2n) is 2.53. The maximum Gasteiger partial charge on any atom is 0.126 e. The highest BCUT2D eigenvalue weighted by Crippen LogP contribution is 1.81. The molecule has 0 aliphatic carbocycles. The lowest BCUT2D eigenvalue weighted by Crippen LogP contribution is -2.21. The molecule has 0 aromatic heterocycles. The maximum atomic E-state index is 9.44. The summed E-state index contributed by atoms with van der Waals surface area (Å²) < 4.78 is 0. The molecule has 0 saturated heterocycles. The fourth-order valence-corrected chi connectivity index (χ4v) is 0.671. The molecule has 0 spiro atoms. The fourth-order valence-electron chi connectivity index (χ4n) is 0.671. The van der Waals surface area contributed by atoms with E-state index in [0.717, 1.165) is 0 Å². The van der Waals surface area contributed by atoms with Gasteiger partial charge in [0.1, 0.15) is 5.78 Å². The molecule has 0 radical (unpaired) electrons. The standard InChI is InChI=1S/C6H15N.C3H6O/c1-4-7(5-2)6-3;1-3(2)4/h4-6H2,1-3H3;1-2H3. The van der Waals surface area contributed by atoms with Gasteiger partial charge in [-0.1, -0.05) is 20.8 Å². The number of nitrogens with zero attached hydrogens (tertiary/aromatic N) is 1. The molecule has 0 aromatic carbocycles. The first-order valence-electron chi connectivity index (χ1n) is 4.27. The van der Waals surface area contributed by atoms with Crippen molar-refractivity contribution < 1.29 is 4.79 Å². The Morgan fingerprint density at radius 2 is 1.18 bits per heavy atom. The van der Waals surface area contributed by atoms with Gasteiger partial charge in [-0.05, 0) is 33.5 Å². The minimum Gasteiger partial charge on any atom is -0.304 e. The van der Waals surface area contributed by atoms with Crippen LogP contribution in [0.4, 0.5) is 0 Å². The largest absolute Gasteiger partial charge is 0.304 e. The van der Waals surface area contributed by atoms with Crippen LogP contribution in [0.5, 0.6) is 0 Å². The molecule has 68 valence electrons. The lowest BCUT2D eigenvalue weighted by Gasteiger charge is -2.13. The number of hydrogen-bond acceptors (Lipinski definition) is 2. The Labute approximate surface area is 70.6 Å². The van der Waals surface area contributed by atoms with Gasteiger partial charge in [0, 0.05) is 0 Å². The molecule has 0 rings (SSSR count). The number of Topliss-reactive ketones (excluding diaryl/α,β-unsaturated/α-hetero) is 1. The van der Waals surface area contributed by atoms with Crippen molar-refractivity contribution in [2.24, 2.45) is 0 Å². The number of ketones is 1. The zero-order valence-corrected chi connectivity index (χ0v) is 8.48. The molecule has 0 aliphatic heterocycles. The Morgan fingerprint density at radius 1 is 1.00 bits per heavy atom. The Balaban J connectivity index is 0. The van der Waals surface area contributed by atoms with Crippen LogP contribution >= 0.6 is 0 Å². The summed E-state index contributed by atoms with van der Waals surface area (Å²) >= 11 is 0. The maximum absolute atomic E-state index is 9.44. The Bertz CT molecular complexity index is 78.1. The van der Waals surface area contributed by atoms with Gasteiger partial charge in [0.15, 0.2) is 0 Å². The summed E-state index contributed by atoms with van der Waals surface area (Å²) in [7, 11) is 0. The first kappa shape index (κ1) is 13.2.